The van der Waals surface area contributed by atoms with Gasteiger partial charge in [-0.25, -0.2) is 9.48 Å². The van der Waals surface area contributed by atoms with E-state index in [0.717, 1.165) is 34.2 Å². The maximum absolute atomic E-state index is 13.2. The van der Waals surface area contributed by atoms with Gasteiger partial charge in [0, 0.05) is 46.8 Å². The van der Waals surface area contributed by atoms with E-state index in [4.69, 9.17) is 4.74 Å². The number of anilines is 2. The lowest BCUT2D eigenvalue weighted by atomic mass is 9.91. The number of carbonyl (C=O) groups excluding carboxylic acids is 1. The van der Waals surface area contributed by atoms with Gasteiger partial charge in [0.25, 0.3) is 0 Å². The summed E-state index contributed by atoms with van der Waals surface area (Å²) in [5, 5.41) is 22.2. The fraction of sp³-hybridized carbons (Fsp3) is 0.226. The van der Waals surface area contributed by atoms with Crippen LogP contribution < -0.4 is 15.4 Å². The van der Waals surface area contributed by atoms with Crippen LogP contribution in [0.2, 0.25) is 0 Å². The average Bonchev–Trinajstić information content (AvgIpc) is 3.39. The van der Waals surface area contributed by atoms with E-state index in [1.807, 2.05) is 81.4 Å². The van der Waals surface area contributed by atoms with Crippen molar-refractivity contribution in [3.8, 4) is 11.4 Å². The number of aryl methyl sites for hydroxylation is 1. The Morgan fingerprint density at radius 1 is 1.00 bits per heavy atom. The second-order valence-electron chi connectivity index (χ2n) is 10.2. The molecule has 5 rings (SSSR count). The minimum Gasteiger partial charge on any atom is -0.493 e. The van der Waals surface area contributed by atoms with Gasteiger partial charge in [0.2, 0.25) is 0 Å². The molecule has 5 aromatic rings. The number of nitrogens with one attached hydrogen (secondary N) is 2. The number of fused-ring (bicyclic) bond motifs is 1. The van der Waals surface area contributed by atoms with Gasteiger partial charge in [0.05, 0.1) is 36.5 Å². The van der Waals surface area contributed by atoms with Crippen molar-refractivity contribution >= 4 is 28.3 Å². The fourth-order valence-corrected chi connectivity index (χ4v) is 4.27. The third-order valence-electron chi connectivity index (χ3n) is 6.71. The van der Waals surface area contributed by atoms with Gasteiger partial charge in [-0.2, -0.15) is 5.10 Å². The first-order valence-electron chi connectivity index (χ1n) is 13.1. The Bertz CT molecular complexity index is 1610. The molecule has 0 bridgehead atoms. The normalized spacial score (nSPS) is 11.4. The first-order chi connectivity index (χ1) is 19.3. The van der Waals surface area contributed by atoms with Crippen LogP contribution in [0.1, 0.15) is 30.8 Å². The average molecular weight is 537 g/mol. The number of urea groups is 1. The van der Waals surface area contributed by atoms with Gasteiger partial charge in [-0.1, -0.05) is 38.1 Å². The van der Waals surface area contributed by atoms with E-state index in [1.54, 1.807) is 29.3 Å². The van der Waals surface area contributed by atoms with Crippen LogP contribution >= 0.6 is 0 Å². The first kappa shape index (κ1) is 26.8. The van der Waals surface area contributed by atoms with Crippen LogP contribution in [0.4, 0.5) is 16.3 Å². The molecule has 40 heavy (non-hydrogen) atoms. The van der Waals surface area contributed by atoms with Gasteiger partial charge in [-0.3, -0.25) is 15.3 Å². The van der Waals surface area contributed by atoms with Gasteiger partial charge in [0.15, 0.2) is 0 Å². The summed E-state index contributed by atoms with van der Waals surface area (Å²) in [6.45, 7) is 6.12. The van der Waals surface area contributed by atoms with Crippen LogP contribution in [0.5, 0.6) is 5.75 Å². The van der Waals surface area contributed by atoms with Crippen molar-refractivity contribution in [2.45, 2.75) is 32.6 Å². The summed E-state index contributed by atoms with van der Waals surface area (Å²) < 4.78 is 7.73. The number of rotatable bonds is 9. The maximum atomic E-state index is 13.2. The molecule has 0 atom stereocenters. The van der Waals surface area contributed by atoms with Crippen molar-refractivity contribution in [2.75, 3.05) is 23.8 Å². The molecule has 0 aliphatic rings. The number of hydrogen-bond donors (Lipinski definition) is 3. The molecule has 0 radical (unpaired) electrons. The minimum absolute atomic E-state index is 0.0925. The molecule has 3 N–H and O–H groups in total. The number of aliphatic hydroxyl groups is 1. The number of amides is 2. The Kier molecular flexibility index (Phi) is 7.75. The van der Waals surface area contributed by atoms with Gasteiger partial charge in [-0.05, 0) is 48.9 Å². The Balaban J connectivity index is 1.36. The molecule has 204 valence electrons. The third-order valence-corrected chi connectivity index (χ3v) is 6.71. The fourth-order valence-electron chi connectivity index (χ4n) is 4.27. The van der Waals surface area contributed by atoms with Crippen LogP contribution in [0, 0.1) is 6.92 Å². The van der Waals surface area contributed by atoms with E-state index in [9.17, 15) is 9.90 Å². The predicted molar refractivity (Wildman–Crippen MR) is 156 cm³/mol. The predicted octanol–water partition coefficient (Wildman–Crippen LogP) is 5.66. The van der Waals surface area contributed by atoms with Crippen molar-refractivity contribution < 1.29 is 14.6 Å². The summed E-state index contributed by atoms with van der Waals surface area (Å²) in [6, 6.07) is 20.6. The highest BCUT2D eigenvalue weighted by atomic mass is 16.5. The molecule has 0 fully saturated rings. The minimum atomic E-state index is -0.598. The monoisotopic (exact) mass is 536 g/mol. The number of hydrogen-bond acceptors (Lipinski definition) is 6. The first-order valence-corrected chi connectivity index (χ1v) is 13.1. The molecule has 0 unspecified atom stereocenters. The lowest BCUT2D eigenvalue weighted by Crippen LogP contribution is -2.22. The number of aromatic nitrogens is 4. The van der Waals surface area contributed by atoms with E-state index >= 15 is 0 Å². The zero-order valence-corrected chi connectivity index (χ0v) is 22.8. The number of nitrogens with zero attached hydrogens (tertiary/aromatic N) is 4. The molecule has 0 saturated carbocycles. The van der Waals surface area contributed by atoms with Gasteiger partial charge < -0.3 is 15.2 Å². The molecule has 2 amide bonds. The van der Waals surface area contributed by atoms with E-state index in [1.165, 1.54) is 0 Å². The molecule has 3 heterocycles. The summed E-state index contributed by atoms with van der Waals surface area (Å²) in [5.74, 6) is 1.21. The molecule has 0 spiro atoms. The van der Waals surface area contributed by atoms with Crippen molar-refractivity contribution in [3.05, 3.63) is 102 Å². The molecule has 2 aromatic carbocycles. The van der Waals surface area contributed by atoms with Crippen LogP contribution in [0.25, 0.3) is 16.5 Å². The van der Waals surface area contributed by atoms with E-state index in [2.05, 4.69) is 25.7 Å². The smallest absolute Gasteiger partial charge is 0.324 e. The SMILES string of the molecule is Cc1ccc(-n2nc(C(C)(C)CO)cc2NC(=O)Nc2ccc(OCCc3ccncc3)c3ccccc23)cn1. The van der Waals surface area contributed by atoms with Crippen LogP contribution in [0.15, 0.2) is 85.3 Å². The summed E-state index contributed by atoms with van der Waals surface area (Å²) in [4.78, 5) is 21.7. The Hall–Kier alpha value is -4.76. The van der Waals surface area contributed by atoms with Gasteiger partial charge in [0.1, 0.15) is 11.6 Å². The van der Waals surface area contributed by atoms with Crippen LogP contribution in [-0.2, 0) is 11.8 Å². The number of carbonyl (C=O) groups is 1. The molecule has 9 heteroatoms. The number of ether oxygens (including phenoxy) is 1. The quantitative estimate of drug-likeness (QED) is 0.224. The van der Waals surface area contributed by atoms with Crippen LogP contribution in [-0.4, -0.2) is 44.1 Å². The Morgan fingerprint density at radius 2 is 1.77 bits per heavy atom. The number of benzene rings is 2. The molecule has 3 aromatic heterocycles. The highest BCUT2D eigenvalue weighted by molar-refractivity contribution is 6.07. The third kappa shape index (κ3) is 5.94. The molecule has 9 nitrogen and oxygen atoms in total. The van der Waals surface area contributed by atoms with Crippen molar-refractivity contribution in [1.82, 2.24) is 19.7 Å². The summed E-state index contributed by atoms with van der Waals surface area (Å²) in [5.41, 5.74) is 3.41. The standard InChI is InChI=1S/C31H32N6O3/c1-21-8-9-23(19-33-21)37-29(18-28(36-37)31(2,3)20-38)35-30(39)34-26-10-11-27(25-7-5-4-6-24(25)26)40-17-14-22-12-15-32-16-13-22/h4-13,15-16,18-19,38H,14,17,20H2,1-3H3,(H2,34,35,39). The van der Waals surface area contributed by atoms with Crippen LogP contribution in [0.3, 0.4) is 0 Å². The molecule has 0 aliphatic heterocycles. The highest BCUT2D eigenvalue weighted by Gasteiger charge is 2.25. The van der Waals surface area contributed by atoms with E-state index < -0.39 is 11.4 Å². The molecular formula is C31H32N6O3. The second-order valence-corrected chi connectivity index (χ2v) is 10.2. The largest absolute Gasteiger partial charge is 0.493 e. The summed E-state index contributed by atoms with van der Waals surface area (Å²) >= 11 is 0. The summed E-state index contributed by atoms with van der Waals surface area (Å²) in [6.07, 6.45) is 6.00. The molecule has 0 saturated heterocycles. The zero-order chi connectivity index (χ0) is 28.1. The van der Waals surface area contributed by atoms with Crippen molar-refractivity contribution in [2.24, 2.45) is 0 Å². The summed E-state index contributed by atoms with van der Waals surface area (Å²) in [7, 11) is 0. The number of pyridine rings is 2. The van der Waals surface area contributed by atoms with Gasteiger partial charge >= 0.3 is 6.03 Å². The highest BCUT2D eigenvalue weighted by Crippen LogP contribution is 2.32. The second kappa shape index (κ2) is 11.5. The molecule has 0 aliphatic carbocycles. The molecular weight excluding hydrogens is 504 g/mol. The maximum Gasteiger partial charge on any atom is 0.324 e. The Morgan fingerprint density at radius 3 is 2.50 bits per heavy atom. The Labute approximate surface area is 232 Å². The van der Waals surface area contributed by atoms with Crippen molar-refractivity contribution in [3.63, 3.8) is 0 Å². The van der Waals surface area contributed by atoms with Crippen molar-refractivity contribution in [1.29, 1.82) is 0 Å². The number of aliphatic hydroxyl groups excluding tert-OH is 1. The lowest BCUT2D eigenvalue weighted by Gasteiger charge is -2.18. The van der Waals surface area contributed by atoms with E-state index in [-0.39, 0.29) is 6.61 Å². The zero-order valence-electron chi connectivity index (χ0n) is 22.8. The van der Waals surface area contributed by atoms with E-state index in [0.29, 0.717) is 29.5 Å². The van der Waals surface area contributed by atoms with Gasteiger partial charge in [-0.15, -0.1) is 0 Å². The lowest BCUT2D eigenvalue weighted by molar-refractivity contribution is 0.215. The topological polar surface area (TPSA) is 114 Å².